The van der Waals surface area contributed by atoms with E-state index in [-0.39, 0.29) is 46.4 Å². The van der Waals surface area contributed by atoms with E-state index < -0.39 is 5.43 Å². The Morgan fingerprint density at radius 2 is 1.71 bits per heavy atom. The monoisotopic (exact) mass is 473 g/mol. The molecule has 1 amide bonds. The summed E-state index contributed by atoms with van der Waals surface area (Å²) in [5.74, 6) is -0.302. The van der Waals surface area contributed by atoms with Crippen LogP contribution in [-0.2, 0) is 6.54 Å². The van der Waals surface area contributed by atoms with Gasteiger partial charge in [-0.1, -0.05) is 0 Å². The number of hydrogen-bond acceptors (Lipinski definition) is 8. The zero-order valence-corrected chi connectivity index (χ0v) is 18.7. The molecule has 0 spiro atoms. The first kappa shape index (κ1) is 22.4. The highest BCUT2D eigenvalue weighted by atomic mass is 16.3. The lowest BCUT2D eigenvalue weighted by Gasteiger charge is -2.34. The van der Waals surface area contributed by atoms with Crippen LogP contribution in [0, 0.1) is 0 Å². The maximum absolute atomic E-state index is 12.9. The van der Waals surface area contributed by atoms with Crippen molar-refractivity contribution in [3.63, 3.8) is 0 Å². The second-order valence-corrected chi connectivity index (χ2v) is 8.43. The number of nitrogens with zero attached hydrogens (tertiary/aromatic N) is 3. The molecule has 0 atom stereocenters. The number of fused-ring (bicyclic) bond motifs is 1. The van der Waals surface area contributed by atoms with E-state index in [0.717, 1.165) is 6.07 Å². The molecule has 9 nitrogen and oxygen atoms in total. The molecule has 0 saturated carbocycles. The van der Waals surface area contributed by atoms with Crippen LogP contribution in [0.3, 0.4) is 0 Å². The third kappa shape index (κ3) is 4.41. The number of rotatable bonds is 4. The number of hydrogen-bond donors (Lipinski definition) is 3. The molecule has 5 rings (SSSR count). The molecule has 0 unspecified atom stereocenters. The second-order valence-electron chi connectivity index (χ2n) is 8.43. The van der Waals surface area contributed by atoms with Gasteiger partial charge in [-0.2, -0.15) is 0 Å². The average molecular weight is 473 g/mol. The van der Waals surface area contributed by atoms with Crippen LogP contribution in [0.2, 0.25) is 0 Å². The van der Waals surface area contributed by atoms with Crippen molar-refractivity contribution in [3.8, 4) is 28.6 Å². The van der Waals surface area contributed by atoms with Crippen LogP contribution in [0.1, 0.15) is 15.9 Å². The highest BCUT2D eigenvalue weighted by molar-refractivity contribution is 5.94. The lowest BCUT2D eigenvalue weighted by atomic mass is 10.1. The minimum absolute atomic E-state index is 0.00859. The normalized spacial score (nSPS) is 14.3. The Balaban J connectivity index is 1.43. The maximum Gasteiger partial charge on any atom is 0.255 e. The lowest BCUT2D eigenvalue weighted by Crippen LogP contribution is -2.48. The molecule has 3 heterocycles. The molecule has 3 N–H and O–H groups in total. The van der Waals surface area contributed by atoms with Crippen molar-refractivity contribution < 1.29 is 24.5 Å². The summed E-state index contributed by atoms with van der Waals surface area (Å²) < 4.78 is 6.02. The molecule has 1 aliphatic rings. The minimum Gasteiger partial charge on any atom is -0.508 e. The van der Waals surface area contributed by atoms with Crippen molar-refractivity contribution in [2.75, 3.05) is 26.2 Å². The Kier molecular flexibility index (Phi) is 5.84. The summed E-state index contributed by atoms with van der Waals surface area (Å²) in [5.41, 5.74) is 1.14. The summed E-state index contributed by atoms with van der Waals surface area (Å²) in [4.78, 5) is 33.4. The van der Waals surface area contributed by atoms with Gasteiger partial charge in [0.05, 0.1) is 11.1 Å². The van der Waals surface area contributed by atoms with Gasteiger partial charge in [0.2, 0.25) is 0 Å². The Labute approximate surface area is 200 Å². The number of benzene rings is 2. The van der Waals surface area contributed by atoms with Gasteiger partial charge in [0.25, 0.3) is 5.91 Å². The molecule has 0 radical (unpaired) electrons. The number of phenolic OH excluding ortho intramolecular Hbond substituents is 3. The molecule has 35 heavy (non-hydrogen) atoms. The highest BCUT2D eigenvalue weighted by Crippen LogP contribution is 2.36. The fourth-order valence-electron chi connectivity index (χ4n) is 4.28. The summed E-state index contributed by atoms with van der Waals surface area (Å²) in [6.45, 7) is 2.35. The molecule has 0 aliphatic carbocycles. The number of pyridine rings is 1. The number of aromatic hydroxyl groups is 3. The first-order valence-electron chi connectivity index (χ1n) is 11.1. The van der Waals surface area contributed by atoms with E-state index in [1.54, 1.807) is 41.6 Å². The predicted octanol–water partition coefficient (Wildman–Crippen LogP) is 2.93. The van der Waals surface area contributed by atoms with E-state index in [1.807, 2.05) is 4.90 Å². The van der Waals surface area contributed by atoms with Crippen LogP contribution < -0.4 is 5.43 Å². The van der Waals surface area contributed by atoms with Crippen LogP contribution in [0.25, 0.3) is 22.3 Å². The van der Waals surface area contributed by atoms with Gasteiger partial charge in [-0.05, 0) is 36.4 Å². The van der Waals surface area contributed by atoms with Crippen LogP contribution in [0.15, 0.2) is 70.1 Å². The van der Waals surface area contributed by atoms with Crippen LogP contribution >= 0.6 is 0 Å². The minimum atomic E-state index is -0.444. The van der Waals surface area contributed by atoms with Gasteiger partial charge >= 0.3 is 0 Å². The fourth-order valence-corrected chi connectivity index (χ4v) is 4.28. The molecule has 1 aliphatic heterocycles. The van der Waals surface area contributed by atoms with Gasteiger partial charge in [-0.15, -0.1) is 0 Å². The van der Waals surface area contributed by atoms with Gasteiger partial charge in [0.15, 0.2) is 11.0 Å². The van der Waals surface area contributed by atoms with Gasteiger partial charge in [0.1, 0.15) is 28.4 Å². The average Bonchev–Trinajstić information content (AvgIpc) is 2.87. The second kappa shape index (κ2) is 9.11. The predicted molar refractivity (Wildman–Crippen MR) is 128 cm³/mol. The molecule has 4 aromatic rings. The van der Waals surface area contributed by atoms with E-state index in [1.165, 1.54) is 18.2 Å². The molecule has 9 heteroatoms. The number of phenols is 3. The molecular formula is C26H23N3O6. The molecule has 2 aromatic carbocycles. The number of carbonyl (C=O) groups is 1. The molecule has 1 saturated heterocycles. The van der Waals surface area contributed by atoms with Crippen molar-refractivity contribution in [3.05, 3.63) is 82.3 Å². The van der Waals surface area contributed by atoms with E-state index in [2.05, 4.69) is 4.98 Å². The number of aromatic nitrogens is 1. The van der Waals surface area contributed by atoms with Crippen molar-refractivity contribution in [2.45, 2.75) is 6.54 Å². The zero-order valence-electron chi connectivity index (χ0n) is 18.7. The Hall–Kier alpha value is -4.37. The molecular weight excluding hydrogens is 450 g/mol. The van der Waals surface area contributed by atoms with Crippen LogP contribution in [0.4, 0.5) is 0 Å². The molecule has 178 valence electrons. The summed E-state index contributed by atoms with van der Waals surface area (Å²) in [5, 5.41) is 30.5. The summed E-state index contributed by atoms with van der Waals surface area (Å²) in [6, 6.07) is 12.1. The van der Waals surface area contributed by atoms with E-state index >= 15 is 0 Å². The highest BCUT2D eigenvalue weighted by Gasteiger charge is 2.25. The summed E-state index contributed by atoms with van der Waals surface area (Å²) >= 11 is 0. The Morgan fingerprint density at radius 1 is 0.971 bits per heavy atom. The van der Waals surface area contributed by atoms with Crippen molar-refractivity contribution in [1.29, 1.82) is 0 Å². The summed E-state index contributed by atoms with van der Waals surface area (Å²) in [7, 11) is 0. The van der Waals surface area contributed by atoms with Gasteiger partial charge in [-0.25, -0.2) is 0 Å². The standard InChI is InChI=1S/C26H23N3O6/c30-18-5-3-16(4-6-18)23-13-22(33)24-21(32)12-20(31)19(25(24)35-23)15-28-8-10-29(11-9-28)26(34)17-2-1-7-27-14-17/h1-7,12-14,30-32H,8-11,15H2. The van der Waals surface area contributed by atoms with E-state index in [0.29, 0.717) is 42.9 Å². The zero-order chi connectivity index (χ0) is 24.5. The van der Waals surface area contributed by atoms with E-state index in [4.69, 9.17) is 4.42 Å². The van der Waals surface area contributed by atoms with Crippen LogP contribution in [0.5, 0.6) is 17.2 Å². The molecule has 1 fully saturated rings. The number of amides is 1. The topological polar surface area (TPSA) is 127 Å². The first-order valence-corrected chi connectivity index (χ1v) is 11.1. The SMILES string of the molecule is O=C(c1cccnc1)N1CCN(Cc2c(O)cc(O)c3c(=O)cc(-c4ccc(O)cc4)oc23)CC1. The number of piperazine rings is 1. The lowest BCUT2D eigenvalue weighted by molar-refractivity contribution is 0.0627. The molecule has 2 aromatic heterocycles. The Bertz CT molecular complexity index is 1440. The van der Waals surface area contributed by atoms with E-state index in [9.17, 15) is 24.9 Å². The van der Waals surface area contributed by atoms with Gasteiger partial charge < -0.3 is 24.6 Å². The third-order valence-corrected chi connectivity index (χ3v) is 6.16. The number of carbonyl (C=O) groups excluding carboxylic acids is 1. The van der Waals surface area contributed by atoms with Crippen LogP contribution in [-0.4, -0.2) is 62.2 Å². The maximum atomic E-state index is 12.9. The smallest absolute Gasteiger partial charge is 0.255 e. The van der Waals surface area contributed by atoms with Crippen molar-refractivity contribution in [2.24, 2.45) is 0 Å². The first-order chi connectivity index (χ1) is 16.9. The third-order valence-electron chi connectivity index (χ3n) is 6.16. The van der Waals surface area contributed by atoms with Gasteiger partial charge in [-0.3, -0.25) is 19.5 Å². The van der Waals surface area contributed by atoms with Gasteiger partial charge in [0, 0.05) is 62.8 Å². The van der Waals surface area contributed by atoms with Crippen molar-refractivity contribution in [1.82, 2.24) is 14.8 Å². The Morgan fingerprint density at radius 3 is 2.40 bits per heavy atom. The quantitative estimate of drug-likeness (QED) is 0.413. The van der Waals surface area contributed by atoms with Crippen molar-refractivity contribution >= 4 is 16.9 Å². The largest absolute Gasteiger partial charge is 0.508 e. The fraction of sp³-hybridized carbons (Fsp3) is 0.192. The molecule has 0 bridgehead atoms. The summed E-state index contributed by atoms with van der Waals surface area (Å²) in [6.07, 6.45) is 3.16.